The number of nitrogens with two attached hydrogens (primary N) is 1. The second kappa shape index (κ2) is 9.69. The highest BCUT2D eigenvalue weighted by molar-refractivity contribution is 7.87. The first-order chi connectivity index (χ1) is 14.8. The summed E-state index contributed by atoms with van der Waals surface area (Å²) in [6.07, 6.45) is -5.67. The number of primary amides is 1. The molecule has 0 spiro atoms. The van der Waals surface area contributed by atoms with Crippen LogP contribution in [0.1, 0.15) is 5.56 Å². The Bertz CT molecular complexity index is 1160. The van der Waals surface area contributed by atoms with E-state index in [9.17, 15) is 31.2 Å². The molecule has 0 aliphatic carbocycles. The lowest BCUT2D eigenvalue weighted by Gasteiger charge is -2.15. The lowest BCUT2D eigenvalue weighted by atomic mass is 10.2. The number of carbonyl (C=O) groups excluding carboxylic acids is 2. The third-order valence-corrected chi connectivity index (χ3v) is 5.00. The number of ether oxygens (including phenoxy) is 1. The molecule has 2 aromatic rings. The lowest BCUT2D eigenvalue weighted by Crippen LogP contribution is -2.34. The third kappa shape index (κ3) is 6.71. The van der Waals surface area contributed by atoms with Gasteiger partial charge < -0.3 is 25.3 Å². The lowest BCUT2D eigenvalue weighted by molar-refractivity contribution is -0.137. The van der Waals surface area contributed by atoms with Gasteiger partial charge in [0, 0.05) is 6.07 Å². The van der Waals surface area contributed by atoms with E-state index in [1.165, 1.54) is 6.07 Å². The predicted molar refractivity (Wildman–Crippen MR) is 111 cm³/mol. The van der Waals surface area contributed by atoms with E-state index < -0.39 is 38.9 Å². The van der Waals surface area contributed by atoms with Gasteiger partial charge in [-0.1, -0.05) is 6.07 Å². The summed E-state index contributed by atoms with van der Waals surface area (Å²) in [5.41, 5.74) is 3.87. The van der Waals surface area contributed by atoms with Crippen molar-refractivity contribution in [2.24, 2.45) is 5.73 Å². The number of urea groups is 1. The van der Waals surface area contributed by atoms with Crippen molar-refractivity contribution < 1.29 is 40.1 Å². The number of methoxy groups -OCH3 is 1. The number of alkyl halides is 3. The Labute approximate surface area is 185 Å². The minimum Gasteiger partial charge on any atom is -0.453 e. The highest BCUT2D eigenvalue weighted by Crippen LogP contribution is 2.32. The van der Waals surface area contributed by atoms with Crippen LogP contribution in [0.25, 0.3) is 0 Å². The summed E-state index contributed by atoms with van der Waals surface area (Å²) < 4.78 is 72.9. The van der Waals surface area contributed by atoms with E-state index in [1.807, 2.05) is 0 Å². The molecule has 0 saturated carbocycles. The van der Waals surface area contributed by atoms with Crippen LogP contribution in [-0.2, 0) is 21.0 Å². The monoisotopic (exact) mass is 492 g/mol. The fourth-order valence-electron chi connectivity index (χ4n) is 2.22. The van der Waals surface area contributed by atoms with Crippen molar-refractivity contribution in [2.45, 2.75) is 11.1 Å². The quantitative estimate of drug-likeness (QED) is 0.368. The molecule has 0 saturated heterocycles. The number of hydrogen-bond acceptors (Lipinski definition) is 7. The fourth-order valence-corrected chi connectivity index (χ4v) is 3.38. The van der Waals surface area contributed by atoms with E-state index in [2.05, 4.69) is 20.7 Å². The average Bonchev–Trinajstić information content (AvgIpc) is 2.68. The maximum atomic E-state index is 12.9. The van der Waals surface area contributed by atoms with Crippen molar-refractivity contribution >= 4 is 50.9 Å². The van der Waals surface area contributed by atoms with E-state index in [0.29, 0.717) is 12.1 Å². The molecule has 0 aliphatic heterocycles. The van der Waals surface area contributed by atoms with E-state index in [-0.39, 0.29) is 22.2 Å². The molecule has 2 aromatic carbocycles. The Morgan fingerprint density at radius 2 is 1.75 bits per heavy atom. The minimum absolute atomic E-state index is 0.0235. The van der Waals surface area contributed by atoms with Crippen LogP contribution in [-0.4, -0.2) is 32.8 Å². The molecule has 2 rings (SSSR count). The first-order valence-corrected chi connectivity index (χ1v) is 10.1. The van der Waals surface area contributed by atoms with Crippen molar-refractivity contribution in [3.63, 3.8) is 0 Å². The molecule has 0 atom stereocenters. The van der Waals surface area contributed by atoms with Crippen LogP contribution in [0, 0.1) is 0 Å². The van der Waals surface area contributed by atoms with Crippen LogP contribution >= 0.6 is 12.2 Å². The first-order valence-electron chi connectivity index (χ1n) is 8.30. The summed E-state index contributed by atoms with van der Waals surface area (Å²) in [5.74, 6) is -0.346. The van der Waals surface area contributed by atoms with Gasteiger partial charge in [0.05, 0.1) is 24.0 Å². The van der Waals surface area contributed by atoms with E-state index >= 15 is 0 Å². The number of rotatable bonds is 5. The van der Waals surface area contributed by atoms with Gasteiger partial charge in [-0.15, -0.1) is 0 Å². The number of halogens is 3. The predicted octanol–water partition coefficient (Wildman–Crippen LogP) is 3.02. The second-order valence-corrected chi connectivity index (χ2v) is 7.78. The Morgan fingerprint density at radius 3 is 2.34 bits per heavy atom. The molecule has 32 heavy (non-hydrogen) atoms. The molecule has 0 unspecified atom stereocenters. The number of anilines is 2. The highest BCUT2D eigenvalue weighted by atomic mass is 32.2. The molecular formula is C17H15F3N4O6S2. The molecule has 0 aliphatic rings. The number of alkyl carbamates (subject to hydrolysis) is 1. The van der Waals surface area contributed by atoms with Crippen molar-refractivity contribution in [3.8, 4) is 5.75 Å². The number of benzene rings is 2. The van der Waals surface area contributed by atoms with Gasteiger partial charge in [-0.25, -0.2) is 9.59 Å². The SMILES string of the molecule is COC(=O)NC(=S)Nc1cc(OS(=O)(=O)c2cccc(C(F)(F)F)c2)ccc1NC(N)=O. The van der Waals surface area contributed by atoms with Crippen LogP contribution in [0.15, 0.2) is 47.4 Å². The topological polar surface area (TPSA) is 149 Å². The molecule has 0 radical (unpaired) electrons. The smallest absolute Gasteiger partial charge is 0.416 e. The van der Waals surface area contributed by atoms with Gasteiger partial charge in [0.2, 0.25) is 0 Å². The molecular weight excluding hydrogens is 477 g/mol. The zero-order valence-corrected chi connectivity index (χ0v) is 17.7. The van der Waals surface area contributed by atoms with E-state index in [4.69, 9.17) is 22.1 Å². The second-order valence-electron chi connectivity index (χ2n) is 5.83. The Balaban J connectivity index is 2.36. The van der Waals surface area contributed by atoms with Crippen LogP contribution in [0.4, 0.5) is 34.1 Å². The van der Waals surface area contributed by atoms with Gasteiger partial charge in [-0.3, -0.25) is 5.32 Å². The zero-order valence-electron chi connectivity index (χ0n) is 16.0. The third-order valence-electron chi connectivity index (χ3n) is 3.55. The summed E-state index contributed by atoms with van der Waals surface area (Å²) in [4.78, 5) is 21.7. The molecule has 0 fully saturated rings. The maximum absolute atomic E-state index is 12.9. The average molecular weight is 492 g/mol. The van der Waals surface area contributed by atoms with E-state index in [1.54, 1.807) is 0 Å². The Morgan fingerprint density at radius 1 is 1.06 bits per heavy atom. The normalized spacial score (nSPS) is 11.2. The number of thiocarbonyl (C=S) groups is 1. The summed E-state index contributed by atoms with van der Waals surface area (Å²) in [5, 5.41) is 6.57. The molecule has 0 bridgehead atoms. The number of carbonyl (C=O) groups is 2. The molecule has 172 valence electrons. The van der Waals surface area contributed by atoms with Gasteiger partial charge in [0.1, 0.15) is 10.6 Å². The van der Waals surface area contributed by atoms with Gasteiger partial charge in [-0.2, -0.15) is 21.6 Å². The van der Waals surface area contributed by atoms with Crippen LogP contribution < -0.4 is 25.9 Å². The molecule has 5 N–H and O–H groups in total. The van der Waals surface area contributed by atoms with Gasteiger partial charge in [0.15, 0.2) is 5.11 Å². The summed E-state index contributed by atoms with van der Waals surface area (Å²) in [6.45, 7) is 0. The highest BCUT2D eigenvalue weighted by Gasteiger charge is 2.32. The standard InChI is InChI=1S/C17H15F3N4O6S2/c1-29-16(26)24-15(31)23-13-8-10(5-6-12(13)22-14(21)25)30-32(27,28)11-4-2-3-9(7-11)17(18,19)20/h2-8H,1H3,(H3,21,22,25)(H2,23,24,26,31). The van der Waals surface area contributed by atoms with Crippen LogP contribution in [0.3, 0.4) is 0 Å². The Hall–Kier alpha value is -3.59. The van der Waals surface area contributed by atoms with Crippen molar-refractivity contribution in [1.82, 2.24) is 5.32 Å². The van der Waals surface area contributed by atoms with Crippen LogP contribution in [0.5, 0.6) is 5.75 Å². The fraction of sp³-hybridized carbons (Fsp3) is 0.118. The molecule has 0 heterocycles. The van der Waals surface area contributed by atoms with Crippen molar-refractivity contribution in [1.29, 1.82) is 0 Å². The first kappa shape index (κ1) is 24.7. The maximum Gasteiger partial charge on any atom is 0.416 e. The minimum atomic E-state index is -4.76. The van der Waals surface area contributed by atoms with E-state index in [0.717, 1.165) is 31.4 Å². The largest absolute Gasteiger partial charge is 0.453 e. The van der Waals surface area contributed by atoms with Crippen molar-refractivity contribution in [3.05, 3.63) is 48.0 Å². The van der Waals surface area contributed by atoms with Gasteiger partial charge in [0.25, 0.3) is 0 Å². The molecule has 10 nitrogen and oxygen atoms in total. The Kier molecular flexibility index (Phi) is 7.48. The zero-order chi connectivity index (χ0) is 24.1. The van der Waals surface area contributed by atoms with Gasteiger partial charge >= 0.3 is 28.4 Å². The number of nitrogens with one attached hydrogen (secondary N) is 3. The molecule has 15 heteroatoms. The number of hydrogen-bond donors (Lipinski definition) is 4. The summed E-state index contributed by atoms with van der Waals surface area (Å²) in [7, 11) is -3.57. The molecule has 3 amide bonds. The molecule has 0 aromatic heterocycles. The van der Waals surface area contributed by atoms with Gasteiger partial charge in [-0.05, 0) is 42.5 Å². The summed E-state index contributed by atoms with van der Waals surface area (Å²) in [6, 6.07) is 5.37. The van der Waals surface area contributed by atoms with Crippen LogP contribution in [0.2, 0.25) is 0 Å². The number of amides is 3. The summed E-state index contributed by atoms with van der Waals surface area (Å²) >= 11 is 4.90. The van der Waals surface area contributed by atoms with Crippen molar-refractivity contribution in [2.75, 3.05) is 17.7 Å².